The topological polar surface area (TPSA) is 67.2 Å². The molecule has 0 saturated carbocycles. The minimum atomic E-state index is -0.243. The fourth-order valence-corrected chi connectivity index (χ4v) is 2.91. The number of anilines is 2. The van der Waals surface area contributed by atoms with E-state index in [2.05, 4.69) is 15.6 Å². The number of nitrogens with one attached hydrogen (secondary N) is 2. The van der Waals surface area contributed by atoms with Gasteiger partial charge in [-0.05, 0) is 43.3 Å². The van der Waals surface area contributed by atoms with Crippen molar-refractivity contribution in [1.82, 2.24) is 4.98 Å². The smallest absolute Gasteiger partial charge is 0.275 e. The fourth-order valence-electron chi connectivity index (χ4n) is 1.98. The number of hydrogen-bond acceptors (Lipinski definition) is 5. The van der Waals surface area contributed by atoms with Gasteiger partial charge >= 0.3 is 0 Å². The summed E-state index contributed by atoms with van der Waals surface area (Å²) in [5, 5.41) is 7.26. The molecule has 7 heteroatoms. The van der Waals surface area contributed by atoms with Gasteiger partial charge in [-0.2, -0.15) is 0 Å². The Balaban J connectivity index is 1.67. The average molecular weight is 348 g/mol. The third-order valence-electron chi connectivity index (χ3n) is 3.11. The van der Waals surface area contributed by atoms with E-state index in [-0.39, 0.29) is 5.91 Å². The summed E-state index contributed by atoms with van der Waals surface area (Å²) in [5.41, 5.74) is 1.09. The van der Waals surface area contributed by atoms with Crippen LogP contribution >= 0.6 is 22.9 Å². The second kappa shape index (κ2) is 6.85. The number of aryl methyl sites for hydroxylation is 1. The van der Waals surface area contributed by atoms with Crippen molar-refractivity contribution in [2.24, 2.45) is 0 Å². The average Bonchev–Trinajstić information content (AvgIpc) is 3.17. The third-order valence-corrected chi connectivity index (χ3v) is 4.29. The molecule has 0 fully saturated rings. The summed E-state index contributed by atoms with van der Waals surface area (Å²) in [4.78, 5) is 17.5. The minimum Gasteiger partial charge on any atom is -0.467 e. The molecule has 2 N–H and O–H groups in total. The first-order chi connectivity index (χ1) is 11.1. The van der Waals surface area contributed by atoms with Gasteiger partial charge in [-0.25, -0.2) is 4.98 Å². The van der Waals surface area contributed by atoms with E-state index in [9.17, 15) is 4.79 Å². The highest BCUT2D eigenvalue weighted by molar-refractivity contribution is 7.15. The molecule has 0 radical (unpaired) electrons. The molecule has 3 aromatic rings. The predicted octanol–water partition coefficient (Wildman–Crippen LogP) is 4.56. The van der Waals surface area contributed by atoms with Crippen molar-refractivity contribution in [3.63, 3.8) is 0 Å². The van der Waals surface area contributed by atoms with Crippen molar-refractivity contribution >= 4 is 39.7 Å². The molecule has 118 valence electrons. The van der Waals surface area contributed by atoms with Gasteiger partial charge in [0.2, 0.25) is 0 Å². The van der Waals surface area contributed by atoms with Gasteiger partial charge in [-0.3, -0.25) is 4.79 Å². The Labute approximate surface area is 142 Å². The van der Waals surface area contributed by atoms with Gasteiger partial charge < -0.3 is 15.1 Å². The van der Waals surface area contributed by atoms with E-state index in [1.54, 1.807) is 30.5 Å². The summed E-state index contributed by atoms with van der Waals surface area (Å²) in [6, 6.07) is 10.6. The molecule has 0 aliphatic rings. The number of hydrogen-bond donors (Lipinski definition) is 2. The Kier molecular flexibility index (Phi) is 4.64. The van der Waals surface area contributed by atoms with E-state index in [0.29, 0.717) is 28.1 Å². The maximum atomic E-state index is 12.3. The van der Waals surface area contributed by atoms with Crippen molar-refractivity contribution in [2.75, 3.05) is 10.6 Å². The zero-order valence-corrected chi connectivity index (χ0v) is 13.9. The predicted molar refractivity (Wildman–Crippen MR) is 92.3 cm³/mol. The lowest BCUT2D eigenvalue weighted by Crippen LogP contribution is -2.13. The number of thiazole rings is 1. The molecule has 2 heterocycles. The van der Waals surface area contributed by atoms with Crippen LogP contribution in [0.4, 0.5) is 10.8 Å². The Morgan fingerprint density at radius 2 is 2.09 bits per heavy atom. The van der Waals surface area contributed by atoms with Crippen LogP contribution in [0.2, 0.25) is 5.02 Å². The number of carbonyl (C=O) groups is 1. The van der Waals surface area contributed by atoms with Gasteiger partial charge in [0.15, 0.2) is 5.13 Å². The van der Waals surface area contributed by atoms with Crippen LogP contribution in [0, 0.1) is 6.92 Å². The van der Waals surface area contributed by atoms with Crippen LogP contribution in [0.1, 0.15) is 21.1 Å². The van der Waals surface area contributed by atoms with Crippen LogP contribution in [0.15, 0.2) is 47.1 Å². The Bertz CT molecular complexity index is 797. The maximum Gasteiger partial charge on any atom is 0.275 e. The summed E-state index contributed by atoms with van der Waals surface area (Å²) in [5.74, 6) is 0.567. The van der Waals surface area contributed by atoms with Crippen molar-refractivity contribution < 1.29 is 9.21 Å². The largest absolute Gasteiger partial charge is 0.467 e. The monoisotopic (exact) mass is 347 g/mol. The number of aromatic nitrogens is 1. The van der Waals surface area contributed by atoms with E-state index in [1.165, 1.54) is 11.3 Å². The normalized spacial score (nSPS) is 10.5. The second-order valence-corrected chi connectivity index (χ2v) is 6.46. The van der Waals surface area contributed by atoms with E-state index in [4.69, 9.17) is 16.0 Å². The molecule has 0 aliphatic heterocycles. The molecule has 0 unspecified atom stereocenters. The Morgan fingerprint density at radius 3 is 2.78 bits per heavy atom. The summed E-state index contributed by atoms with van der Waals surface area (Å²) < 4.78 is 5.25. The van der Waals surface area contributed by atoms with E-state index < -0.39 is 0 Å². The van der Waals surface area contributed by atoms with Crippen LogP contribution in [0.25, 0.3) is 0 Å². The zero-order chi connectivity index (χ0) is 16.2. The second-order valence-electron chi connectivity index (χ2n) is 4.82. The lowest BCUT2D eigenvalue weighted by Gasteiger charge is -2.03. The van der Waals surface area contributed by atoms with Gasteiger partial charge in [-0.1, -0.05) is 11.6 Å². The van der Waals surface area contributed by atoms with E-state index in [0.717, 1.165) is 10.6 Å². The van der Waals surface area contributed by atoms with Crippen molar-refractivity contribution in [1.29, 1.82) is 0 Å². The van der Waals surface area contributed by atoms with Crippen LogP contribution in [0.3, 0.4) is 0 Å². The zero-order valence-electron chi connectivity index (χ0n) is 12.3. The first kappa shape index (κ1) is 15.6. The van der Waals surface area contributed by atoms with Gasteiger partial charge in [0.1, 0.15) is 11.5 Å². The highest BCUT2D eigenvalue weighted by Gasteiger charge is 2.15. The number of rotatable bonds is 5. The number of amides is 1. The standard InChI is InChI=1S/C16H14ClN3O2S/c1-10-14(15(21)19-12-6-4-11(17)5-7-12)20-16(23-10)18-9-13-3-2-8-22-13/h2-8H,9H2,1H3,(H,18,20)(H,19,21). The molecular formula is C16H14ClN3O2S. The van der Waals surface area contributed by atoms with Crippen LogP contribution in [-0.2, 0) is 6.54 Å². The summed E-state index contributed by atoms with van der Waals surface area (Å²) in [7, 11) is 0. The van der Waals surface area contributed by atoms with Gasteiger partial charge in [0.25, 0.3) is 5.91 Å². The van der Waals surface area contributed by atoms with Gasteiger partial charge in [-0.15, -0.1) is 11.3 Å². The molecule has 23 heavy (non-hydrogen) atoms. The molecule has 3 rings (SSSR count). The van der Waals surface area contributed by atoms with E-state index in [1.807, 2.05) is 19.1 Å². The summed E-state index contributed by atoms with van der Waals surface area (Å²) in [6.45, 7) is 2.39. The fraction of sp³-hybridized carbons (Fsp3) is 0.125. The highest BCUT2D eigenvalue weighted by atomic mass is 35.5. The number of halogens is 1. The molecule has 0 bridgehead atoms. The first-order valence-electron chi connectivity index (χ1n) is 6.92. The quantitative estimate of drug-likeness (QED) is 0.709. The number of carbonyl (C=O) groups excluding carboxylic acids is 1. The van der Waals surface area contributed by atoms with Crippen molar-refractivity contribution in [2.45, 2.75) is 13.5 Å². The Morgan fingerprint density at radius 1 is 1.30 bits per heavy atom. The van der Waals surface area contributed by atoms with Crippen molar-refractivity contribution in [3.05, 3.63) is 64.0 Å². The molecule has 2 aromatic heterocycles. The van der Waals surface area contributed by atoms with Crippen LogP contribution in [0.5, 0.6) is 0 Å². The third kappa shape index (κ3) is 3.91. The van der Waals surface area contributed by atoms with E-state index >= 15 is 0 Å². The first-order valence-corrected chi connectivity index (χ1v) is 8.12. The molecule has 1 aromatic carbocycles. The number of benzene rings is 1. The molecular weight excluding hydrogens is 334 g/mol. The maximum absolute atomic E-state index is 12.3. The van der Waals surface area contributed by atoms with Crippen LogP contribution in [-0.4, -0.2) is 10.9 Å². The molecule has 0 saturated heterocycles. The minimum absolute atomic E-state index is 0.243. The number of nitrogens with zero attached hydrogens (tertiary/aromatic N) is 1. The SMILES string of the molecule is Cc1sc(NCc2ccco2)nc1C(=O)Nc1ccc(Cl)cc1. The number of furan rings is 1. The lowest BCUT2D eigenvalue weighted by atomic mass is 10.3. The lowest BCUT2D eigenvalue weighted by molar-refractivity contribution is 0.102. The highest BCUT2D eigenvalue weighted by Crippen LogP contribution is 2.24. The van der Waals surface area contributed by atoms with Crippen LogP contribution < -0.4 is 10.6 Å². The summed E-state index contributed by atoms with van der Waals surface area (Å²) >= 11 is 7.26. The molecule has 0 spiro atoms. The van der Waals surface area contributed by atoms with Crippen molar-refractivity contribution in [3.8, 4) is 0 Å². The summed E-state index contributed by atoms with van der Waals surface area (Å²) in [6.07, 6.45) is 1.62. The molecule has 5 nitrogen and oxygen atoms in total. The molecule has 0 atom stereocenters. The molecule has 1 amide bonds. The Hall–Kier alpha value is -2.31. The van der Waals surface area contributed by atoms with Gasteiger partial charge in [0, 0.05) is 15.6 Å². The molecule has 0 aliphatic carbocycles. The van der Waals surface area contributed by atoms with Gasteiger partial charge in [0.05, 0.1) is 12.8 Å².